The van der Waals surface area contributed by atoms with Crippen LogP contribution in [0.4, 0.5) is 39.8 Å². The van der Waals surface area contributed by atoms with Gasteiger partial charge in [-0.05, 0) is 153 Å². The van der Waals surface area contributed by atoms with Crippen molar-refractivity contribution in [3.63, 3.8) is 0 Å². The molecule has 71 heavy (non-hydrogen) atoms. The minimum atomic E-state index is -0.345. The summed E-state index contributed by atoms with van der Waals surface area (Å²) < 4.78 is 0. The molecule has 13 rings (SSSR count). The topological polar surface area (TPSA) is 9.72 Å². The second kappa shape index (κ2) is 14.6. The zero-order valence-corrected chi connectivity index (χ0v) is 44.5. The summed E-state index contributed by atoms with van der Waals surface area (Å²) in [5.41, 5.74) is 24.1. The van der Waals surface area contributed by atoms with Crippen LogP contribution in [0.1, 0.15) is 160 Å². The van der Waals surface area contributed by atoms with Crippen molar-refractivity contribution in [2.75, 3.05) is 14.7 Å². The summed E-state index contributed by atoms with van der Waals surface area (Å²) in [4.78, 5) is 8.49. The Kier molecular flexibility index (Phi) is 9.22. The molecule has 3 nitrogen and oxygen atoms in total. The van der Waals surface area contributed by atoms with Crippen molar-refractivity contribution >= 4 is 62.9 Å². The van der Waals surface area contributed by atoms with Gasteiger partial charge in [-0.15, -0.1) is 0 Å². The van der Waals surface area contributed by atoms with Gasteiger partial charge in [0.1, 0.15) is 0 Å². The summed E-state index contributed by atoms with van der Waals surface area (Å²) in [6.07, 6.45) is 6.84. The molecule has 2 aliphatic carbocycles. The Bertz CT molecular complexity index is 3370. The summed E-state index contributed by atoms with van der Waals surface area (Å²) in [6.45, 7) is 29.3. The molecule has 0 bridgehead atoms. The first-order chi connectivity index (χ1) is 33.7. The van der Waals surface area contributed by atoms with Crippen molar-refractivity contribution < 1.29 is 0 Å². The van der Waals surface area contributed by atoms with Gasteiger partial charge in [-0.3, -0.25) is 0 Å². The molecule has 4 unspecified atom stereocenters. The predicted octanol–water partition coefficient (Wildman–Crippen LogP) is 15.2. The number of anilines is 7. The van der Waals surface area contributed by atoms with Crippen LogP contribution in [0, 0.1) is 0 Å². The van der Waals surface area contributed by atoms with Crippen LogP contribution in [0.2, 0.25) is 0 Å². The Hall–Kier alpha value is -6.00. The van der Waals surface area contributed by atoms with Crippen molar-refractivity contribution in [1.82, 2.24) is 0 Å². The van der Waals surface area contributed by atoms with Gasteiger partial charge < -0.3 is 14.7 Å². The van der Waals surface area contributed by atoms with E-state index in [-0.39, 0.29) is 44.9 Å². The number of fused-ring (bicyclic) bond motifs is 12. The maximum absolute atomic E-state index is 2.96. The number of hydrogen-bond acceptors (Lipinski definition) is 3. The number of para-hydroxylation sites is 1. The van der Waals surface area contributed by atoms with Crippen molar-refractivity contribution in [2.45, 2.75) is 160 Å². The largest absolute Gasteiger partial charge is 0.335 e. The summed E-state index contributed by atoms with van der Waals surface area (Å²) in [6, 6.07) is 58.3. The molecule has 7 aromatic rings. The lowest BCUT2D eigenvalue weighted by molar-refractivity contribution is 0.215. The molecule has 7 aromatic carbocycles. The first-order valence-electron chi connectivity index (χ1n) is 27.0. The summed E-state index contributed by atoms with van der Waals surface area (Å²) >= 11 is 0. The van der Waals surface area contributed by atoms with Crippen LogP contribution in [-0.4, -0.2) is 12.3 Å². The van der Waals surface area contributed by atoms with Crippen LogP contribution in [0.25, 0.3) is 0 Å². The van der Waals surface area contributed by atoms with Crippen LogP contribution in [0.3, 0.4) is 0 Å². The van der Waals surface area contributed by atoms with E-state index in [4.69, 9.17) is 0 Å². The Morgan fingerprint density at radius 3 is 1.87 bits per heavy atom. The summed E-state index contributed by atoms with van der Waals surface area (Å²) in [5, 5.41) is 0. The molecule has 0 N–H and O–H groups in total. The van der Waals surface area contributed by atoms with E-state index < -0.39 is 0 Å². The molecule has 1 saturated carbocycles. The highest BCUT2D eigenvalue weighted by Gasteiger charge is 2.65. The van der Waals surface area contributed by atoms with Crippen LogP contribution >= 0.6 is 0 Å². The standard InChI is InChI=1S/C67H72BN3/c1-61(2,3)45-26-22-27-48(37-45)69-56-40-46(62(4,5)6)31-32-53(56)68-54-39-47(63(7,8)9)38-52-60(54)71(65(11)34-20-21-35-67(52,65)44-24-14-13-15-25-44)58-42-49(41-57(69)59(58)68)70-55-30-19-18-29-51(55)64(10)36-33-43-23-16-17-28-50(43)66(64,70)12/h13-19,22-32,37-42H,20-21,33-36H2,1-12H3. The van der Waals surface area contributed by atoms with Gasteiger partial charge in [-0.25, -0.2) is 0 Å². The number of rotatable bonds is 3. The fourth-order valence-electron chi connectivity index (χ4n) is 15.4. The third kappa shape index (κ3) is 5.80. The van der Waals surface area contributed by atoms with Crippen molar-refractivity contribution in [3.05, 3.63) is 190 Å². The lowest BCUT2D eigenvalue weighted by atomic mass is 9.33. The van der Waals surface area contributed by atoms with Gasteiger partial charge in [-0.2, -0.15) is 0 Å². The molecule has 1 fully saturated rings. The van der Waals surface area contributed by atoms with Gasteiger partial charge in [0.2, 0.25) is 0 Å². The zero-order valence-electron chi connectivity index (χ0n) is 44.5. The smallest absolute Gasteiger partial charge is 0.252 e. The Labute approximate surface area is 425 Å². The highest BCUT2D eigenvalue weighted by molar-refractivity contribution is 7.00. The number of benzene rings is 7. The lowest BCUT2D eigenvalue weighted by Gasteiger charge is -2.55. The quantitative estimate of drug-likeness (QED) is 0.164. The van der Waals surface area contributed by atoms with Crippen LogP contribution < -0.4 is 31.1 Å². The first-order valence-corrected chi connectivity index (χ1v) is 27.0. The SMILES string of the molecule is CC(C)(C)c1cccc(N2c3cc(C(C)(C)C)ccc3B3c4cc(C(C)(C)C)cc5c4N(c4cc(N6c7ccccc7C7(C)CCc8ccccc8C67C)cc2c43)C2(C)CCCCC52c2ccccc2)c1. The third-order valence-corrected chi connectivity index (χ3v) is 19.4. The van der Waals surface area contributed by atoms with Crippen LogP contribution in [0.15, 0.2) is 146 Å². The number of aryl methyl sites for hydroxylation is 1. The van der Waals surface area contributed by atoms with E-state index in [0.717, 1.165) is 25.7 Å². The van der Waals surface area contributed by atoms with Gasteiger partial charge in [0.25, 0.3) is 6.71 Å². The number of hydrogen-bond donors (Lipinski definition) is 0. The molecule has 4 atom stereocenters. The molecule has 0 aromatic heterocycles. The highest BCUT2D eigenvalue weighted by atomic mass is 15.3. The second-order valence-electron chi connectivity index (χ2n) is 26.2. The van der Waals surface area contributed by atoms with E-state index in [2.05, 4.69) is 243 Å². The van der Waals surface area contributed by atoms with Crippen LogP contribution in [-0.2, 0) is 39.0 Å². The average molecular weight is 930 g/mol. The minimum absolute atomic E-state index is 0.0248. The fourth-order valence-corrected chi connectivity index (χ4v) is 15.4. The molecule has 4 heterocycles. The van der Waals surface area contributed by atoms with Crippen molar-refractivity contribution in [3.8, 4) is 0 Å². The monoisotopic (exact) mass is 930 g/mol. The Balaban J connectivity index is 1.21. The maximum atomic E-state index is 2.96. The second-order valence-corrected chi connectivity index (χ2v) is 26.2. The molecule has 4 heteroatoms. The molecule has 0 radical (unpaired) electrons. The normalized spacial score (nSPS) is 24.7. The fraction of sp³-hybridized carbons (Fsp3) is 0.373. The molecular weight excluding hydrogens is 858 g/mol. The molecule has 4 aliphatic heterocycles. The molecule has 0 saturated heterocycles. The van der Waals surface area contributed by atoms with E-state index in [1.807, 2.05) is 0 Å². The molecule has 0 spiro atoms. The van der Waals surface area contributed by atoms with E-state index in [1.165, 1.54) is 114 Å². The van der Waals surface area contributed by atoms with Gasteiger partial charge in [-0.1, -0.05) is 191 Å². The van der Waals surface area contributed by atoms with Crippen molar-refractivity contribution in [2.24, 2.45) is 0 Å². The van der Waals surface area contributed by atoms with Crippen LogP contribution in [0.5, 0.6) is 0 Å². The summed E-state index contributed by atoms with van der Waals surface area (Å²) in [7, 11) is 0. The highest BCUT2D eigenvalue weighted by Crippen LogP contribution is 2.67. The van der Waals surface area contributed by atoms with E-state index in [9.17, 15) is 0 Å². The molecule has 6 aliphatic rings. The molecule has 0 amide bonds. The van der Waals surface area contributed by atoms with E-state index in [0.29, 0.717) is 0 Å². The predicted molar refractivity (Wildman–Crippen MR) is 303 cm³/mol. The van der Waals surface area contributed by atoms with Gasteiger partial charge in [0.15, 0.2) is 0 Å². The van der Waals surface area contributed by atoms with E-state index >= 15 is 0 Å². The zero-order chi connectivity index (χ0) is 49.4. The molecular formula is C67H72BN3. The third-order valence-electron chi connectivity index (χ3n) is 19.4. The van der Waals surface area contributed by atoms with Gasteiger partial charge in [0, 0.05) is 50.6 Å². The van der Waals surface area contributed by atoms with Crippen molar-refractivity contribution in [1.29, 1.82) is 0 Å². The Morgan fingerprint density at radius 2 is 1.13 bits per heavy atom. The first kappa shape index (κ1) is 44.9. The lowest BCUT2D eigenvalue weighted by Crippen LogP contribution is -2.65. The average Bonchev–Trinajstić information content (AvgIpc) is 3.72. The molecule has 358 valence electrons. The maximum Gasteiger partial charge on any atom is 0.252 e. The minimum Gasteiger partial charge on any atom is -0.335 e. The Morgan fingerprint density at radius 1 is 0.465 bits per heavy atom. The van der Waals surface area contributed by atoms with Gasteiger partial charge >= 0.3 is 0 Å². The van der Waals surface area contributed by atoms with E-state index in [1.54, 1.807) is 0 Å². The number of nitrogens with zero attached hydrogens (tertiary/aromatic N) is 3. The van der Waals surface area contributed by atoms with Gasteiger partial charge in [0.05, 0.1) is 11.1 Å². The summed E-state index contributed by atoms with van der Waals surface area (Å²) in [5.74, 6) is 0.